The lowest BCUT2D eigenvalue weighted by Gasteiger charge is -2.14. The van der Waals surface area contributed by atoms with E-state index in [4.69, 9.17) is 19.5 Å². The number of nitriles is 1. The van der Waals surface area contributed by atoms with Gasteiger partial charge in [-0.15, -0.1) is 0 Å². The van der Waals surface area contributed by atoms with Crippen LogP contribution in [0.3, 0.4) is 0 Å². The molecule has 0 spiro atoms. The van der Waals surface area contributed by atoms with Gasteiger partial charge >= 0.3 is 0 Å². The summed E-state index contributed by atoms with van der Waals surface area (Å²) >= 11 is 0. The highest BCUT2D eigenvalue weighted by Gasteiger charge is 2.50. The van der Waals surface area contributed by atoms with Gasteiger partial charge in [0.25, 0.3) is 0 Å². The van der Waals surface area contributed by atoms with Crippen LogP contribution in [0.15, 0.2) is 12.1 Å². The van der Waals surface area contributed by atoms with Crippen molar-refractivity contribution >= 4 is 5.78 Å². The van der Waals surface area contributed by atoms with E-state index in [0.717, 1.165) is 0 Å². The Morgan fingerprint density at radius 1 is 1.16 bits per heavy atom. The number of ether oxygens (including phenoxy) is 3. The van der Waals surface area contributed by atoms with Gasteiger partial charge in [-0.1, -0.05) is 0 Å². The molecule has 0 amide bonds. The second-order valence-electron chi connectivity index (χ2n) is 4.44. The first kappa shape index (κ1) is 13.2. The molecule has 0 aromatic heterocycles. The summed E-state index contributed by atoms with van der Waals surface area (Å²) < 4.78 is 15.6. The van der Waals surface area contributed by atoms with E-state index in [-0.39, 0.29) is 5.78 Å². The molecular weight excluding hydrogens is 246 g/mol. The highest BCUT2D eigenvalue weighted by Crippen LogP contribution is 2.49. The lowest BCUT2D eigenvalue weighted by Crippen LogP contribution is -2.14. The van der Waals surface area contributed by atoms with Gasteiger partial charge in [-0.25, -0.2) is 0 Å². The Morgan fingerprint density at radius 3 is 2.00 bits per heavy atom. The SMILES string of the molecule is COc1cc(C(=O)C2(C#N)CC2)cc(OC)c1OC. The van der Waals surface area contributed by atoms with Gasteiger partial charge in [0.05, 0.1) is 27.4 Å². The van der Waals surface area contributed by atoms with Crippen LogP contribution < -0.4 is 14.2 Å². The number of carbonyl (C=O) groups is 1. The Hall–Kier alpha value is -2.22. The van der Waals surface area contributed by atoms with E-state index >= 15 is 0 Å². The zero-order chi connectivity index (χ0) is 14.0. The second kappa shape index (κ2) is 4.81. The Bertz CT molecular complexity index is 530. The van der Waals surface area contributed by atoms with E-state index in [1.165, 1.54) is 21.3 Å². The van der Waals surface area contributed by atoms with Gasteiger partial charge in [-0.3, -0.25) is 4.79 Å². The van der Waals surface area contributed by atoms with E-state index in [9.17, 15) is 4.79 Å². The van der Waals surface area contributed by atoms with Crippen molar-refractivity contribution in [3.05, 3.63) is 17.7 Å². The molecule has 0 aliphatic heterocycles. The highest BCUT2D eigenvalue weighted by atomic mass is 16.5. The number of methoxy groups -OCH3 is 3. The number of benzene rings is 1. The summed E-state index contributed by atoms with van der Waals surface area (Å²) in [6, 6.07) is 5.26. The van der Waals surface area contributed by atoms with Gasteiger partial charge < -0.3 is 14.2 Å². The molecule has 1 aromatic carbocycles. The summed E-state index contributed by atoms with van der Waals surface area (Å²) in [5, 5.41) is 9.08. The van der Waals surface area contributed by atoms with Crippen LogP contribution >= 0.6 is 0 Å². The van der Waals surface area contributed by atoms with Gasteiger partial charge in [0.15, 0.2) is 17.3 Å². The van der Waals surface area contributed by atoms with Crippen molar-refractivity contribution in [2.75, 3.05) is 21.3 Å². The van der Waals surface area contributed by atoms with E-state index in [0.29, 0.717) is 35.7 Å². The average Bonchev–Trinajstić information content (AvgIpc) is 3.25. The van der Waals surface area contributed by atoms with Crippen LogP contribution in [0.4, 0.5) is 0 Å². The van der Waals surface area contributed by atoms with Crippen LogP contribution in [0.1, 0.15) is 23.2 Å². The fourth-order valence-electron chi connectivity index (χ4n) is 2.00. The van der Waals surface area contributed by atoms with E-state index < -0.39 is 5.41 Å². The van der Waals surface area contributed by atoms with Crippen LogP contribution in [-0.2, 0) is 0 Å². The third-order valence-electron chi connectivity index (χ3n) is 3.33. The van der Waals surface area contributed by atoms with Crippen molar-refractivity contribution in [1.82, 2.24) is 0 Å². The molecule has 0 atom stereocenters. The molecular formula is C14H15NO4. The lowest BCUT2D eigenvalue weighted by molar-refractivity contribution is 0.0934. The number of Topliss-reactive ketones (excluding diaryl/α,β-unsaturated/α-hetero) is 1. The molecule has 0 heterocycles. The lowest BCUT2D eigenvalue weighted by atomic mass is 9.95. The van der Waals surface area contributed by atoms with Gasteiger partial charge in [-0.05, 0) is 25.0 Å². The first-order valence-electron chi connectivity index (χ1n) is 5.88. The van der Waals surface area contributed by atoms with Crippen molar-refractivity contribution in [3.63, 3.8) is 0 Å². The maximum Gasteiger partial charge on any atom is 0.203 e. The normalized spacial score (nSPS) is 15.3. The molecule has 0 saturated heterocycles. The Balaban J connectivity index is 2.48. The first-order valence-corrected chi connectivity index (χ1v) is 5.88. The van der Waals surface area contributed by atoms with Crippen LogP contribution in [0, 0.1) is 16.7 Å². The van der Waals surface area contributed by atoms with Crippen molar-refractivity contribution < 1.29 is 19.0 Å². The first-order chi connectivity index (χ1) is 9.11. The molecule has 0 radical (unpaired) electrons. The molecule has 100 valence electrons. The summed E-state index contributed by atoms with van der Waals surface area (Å²) in [6.07, 6.45) is 1.22. The van der Waals surface area contributed by atoms with E-state index in [1.54, 1.807) is 12.1 Å². The molecule has 1 aliphatic carbocycles. The smallest absolute Gasteiger partial charge is 0.203 e. The molecule has 0 N–H and O–H groups in total. The molecule has 0 unspecified atom stereocenters. The topological polar surface area (TPSA) is 68.6 Å². The summed E-state index contributed by atoms with van der Waals surface area (Å²) in [7, 11) is 4.48. The van der Waals surface area contributed by atoms with Crippen molar-refractivity contribution in [1.29, 1.82) is 5.26 Å². The monoisotopic (exact) mass is 261 g/mol. The maximum atomic E-state index is 12.3. The summed E-state index contributed by atoms with van der Waals surface area (Å²) in [5.41, 5.74) is -0.446. The van der Waals surface area contributed by atoms with Gasteiger partial charge in [0.1, 0.15) is 5.41 Å². The maximum absolute atomic E-state index is 12.3. The number of nitrogens with zero attached hydrogens (tertiary/aromatic N) is 1. The van der Waals surface area contributed by atoms with Crippen molar-refractivity contribution in [3.8, 4) is 23.3 Å². The molecule has 1 aliphatic rings. The molecule has 1 fully saturated rings. The highest BCUT2D eigenvalue weighted by molar-refractivity contribution is 6.05. The largest absolute Gasteiger partial charge is 0.493 e. The molecule has 1 aromatic rings. The quantitative estimate of drug-likeness (QED) is 0.760. The standard InChI is InChI=1S/C14H15NO4/c1-17-10-6-9(7-11(18-2)12(10)19-3)13(16)14(8-15)4-5-14/h6-7H,4-5H2,1-3H3. The molecule has 2 rings (SSSR count). The molecule has 19 heavy (non-hydrogen) atoms. The number of rotatable bonds is 5. The van der Waals surface area contributed by atoms with Crippen LogP contribution in [0.25, 0.3) is 0 Å². The molecule has 1 saturated carbocycles. The summed E-state index contributed by atoms with van der Waals surface area (Å²) in [6.45, 7) is 0. The van der Waals surface area contributed by atoms with Crippen LogP contribution in [0.5, 0.6) is 17.2 Å². The van der Waals surface area contributed by atoms with Crippen LogP contribution in [0.2, 0.25) is 0 Å². The zero-order valence-corrected chi connectivity index (χ0v) is 11.1. The predicted molar refractivity (Wildman–Crippen MR) is 67.7 cm³/mol. The number of hydrogen-bond acceptors (Lipinski definition) is 5. The molecule has 5 heteroatoms. The van der Waals surface area contributed by atoms with E-state index in [1.807, 2.05) is 0 Å². The van der Waals surface area contributed by atoms with E-state index in [2.05, 4.69) is 6.07 Å². The average molecular weight is 261 g/mol. The molecule has 0 bridgehead atoms. The summed E-state index contributed by atoms with van der Waals surface area (Å²) in [5.74, 6) is 1.08. The number of hydrogen-bond donors (Lipinski definition) is 0. The molecule has 5 nitrogen and oxygen atoms in total. The van der Waals surface area contributed by atoms with Crippen LogP contribution in [-0.4, -0.2) is 27.1 Å². The Labute approximate surface area is 111 Å². The zero-order valence-electron chi connectivity index (χ0n) is 11.1. The van der Waals surface area contributed by atoms with Crippen molar-refractivity contribution in [2.45, 2.75) is 12.8 Å². The fraction of sp³-hybridized carbons (Fsp3) is 0.429. The minimum absolute atomic E-state index is 0.186. The van der Waals surface area contributed by atoms with Gasteiger partial charge in [0, 0.05) is 5.56 Å². The predicted octanol–water partition coefficient (Wildman–Crippen LogP) is 2.20. The number of ketones is 1. The van der Waals surface area contributed by atoms with Crippen molar-refractivity contribution in [2.24, 2.45) is 5.41 Å². The number of carbonyl (C=O) groups excluding carboxylic acids is 1. The minimum Gasteiger partial charge on any atom is -0.493 e. The van der Waals surface area contributed by atoms with Gasteiger partial charge in [0.2, 0.25) is 5.75 Å². The Kier molecular flexibility index (Phi) is 3.34. The van der Waals surface area contributed by atoms with Gasteiger partial charge in [-0.2, -0.15) is 5.26 Å². The minimum atomic E-state index is -0.857. The Morgan fingerprint density at radius 2 is 1.68 bits per heavy atom. The third-order valence-corrected chi connectivity index (χ3v) is 3.33. The third kappa shape index (κ3) is 2.10. The summed E-state index contributed by atoms with van der Waals surface area (Å²) in [4.78, 5) is 12.3. The second-order valence-corrected chi connectivity index (χ2v) is 4.44. The fourth-order valence-corrected chi connectivity index (χ4v) is 2.00.